The quantitative estimate of drug-likeness (QED) is 0.573. The van der Waals surface area contributed by atoms with Crippen LogP contribution in [0.15, 0.2) is 0 Å². The number of rotatable bonds is 0. The van der Waals surface area contributed by atoms with Gasteiger partial charge in [0, 0.05) is 65.4 Å². The van der Waals surface area contributed by atoms with Gasteiger partial charge in [0.15, 0.2) is 0 Å². The molecule has 0 nitrogen and oxygen atoms in total. The largest absolute Gasteiger partial charge is 0.370 e. The average Bonchev–Trinajstić information content (AvgIpc) is 0.811. The van der Waals surface area contributed by atoms with Crippen LogP contribution >= 0.6 is 0 Å². The SMILES string of the molecule is [CH2-]C([CH2-])C.[CH3-].[Y].[Y]. The molecule has 0 atom stereocenters. The zero-order chi connectivity index (χ0) is 3.58. The van der Waals surface area contributed by atoms with Crippen molar-refractivity contribution < 1.29 is 65.4 Å². The summed E-state index contributed by atoms with van der Waals surface area (Å²) >= 11 is 0. The maximum absolute atomic E-state index is 3.53. The Hall–Kier alpha value is 2.21. The second-order valence-corrected chi connectivity index (χ2v) is 1.11. The molecule has 2 heteroatoms. The molecular weight excluding hydrogens is 238 g/mol. The summed E-state index contributed by atoms with van der Waals surface area (Å²) in [6.45, 7) is 9.00. The van der Waals surface area contributed by atoms with Gasteiger partial charge in [-0.05, 0) is 0 Å². The summed E-state index contributed by atoms with van der Waals surface area (Å²) in [5, 5.41) is 0. The van der Waals surface area contributed by atoms with Gasteiger partial charge in [-0.2, -0.15) is 0 Å². The molecule has 0 aliphatic carbocycles. The van der Waals surface area contributed by atoms with Crippen LogP contribution in [0.1, 0.15) is 6.92 Å². The van der Waals surface area contributed by atoms with Crippen LogP contribution in [-0.4, -0.2) is 0 Å². The second-order valence-electron chi connectivity index (χ2n) is 1.11. The van der Waals surface area contributed by atoms with Crippen molar-refractivity contribution in [1.82, 2.24) is 0 Å². The first kappa shape index (κ1) is 22.9. The van der Waals surface area contributed by atoms with E-state index in [1.807, 2.05) is 6.92 Å². The molecule has 0 bridgehead atoms. The third-order valence-corrected chi connectivity index (χ3v) is 0. The van der Waals surface area contributed by atoms with Gasteiger partial charge in [0.1, 0.15) is 0 Å². The number of hydrogen-bond acceptors (Lipinski definition) is 0. The van der Waals surface area contributed by atoms with E-state index in [1.165, 1.54) is 0 Å². The summed E-state index contributed by atoms with van der Waals surface area (Å²) in [6.07, 6.45) is 0. The Morgan fingerprint density at radius 3 is 1.14 bits per heavy atom. The van der Waals surface area contributed by atoms with Gasteiger partial charge in [-0.3, -0.25) is 0 Å². The van der Waals surface area contributed by atoms with E-state index in [-0.39, 0.29) is 72.8 Å². The molecule has 0 aromatic rings. The van der Waals surface area contributed by atoms with Crippen LogP contribution in [0.4, 0.5) is 0 Å². The molecule has 2 radical (unpaired) electrons. The fraction of sp³-hybridized carbons (Fsp3) is 0.400. The van der Waals surface area contributed by atoms with E-state index in [0.717, 1.165) is 0 Å². The fourth-order valence-corrected chi connectivity index (χ4v) is 0. The van der Waals surface area contributed by atoms with Gasteiger partial charge in [0.25, 0.3) is 0 Å². The second kappa shape index (κ2) is 15.7. The minimum absolute atomic E-state index is 0. The Kier molecular flexibility index (Phi) is 51.4. The van der Waals surface area contributed by atoms with Crippen LogP contribution in [0.3, 0.4) is 0 Å². The summed E-state index contributed by atoms with van der Waals surface area (Å²) in [6, 6.07) is 0. The smallest absolute Gasteiger partial charge is 0 e. The molecule has 0 fully saturated rings. The molecule has 0 heterocycles. The summed E-state index contributed by atoms with van der Waals surface area (Å²) in [4.78, 5) is 0. The van der Waals surface area contributed by atoms with Crippen molar-refractivity contribution in [3.8, 4) is 0 Å². The Bertz CT molecular complexity index is 10.8. The van der Waals surface area contributed by atoms with E-state index in [9.17, 15) is 0 Å². The maximum atomic E-state index is 3.53. The van der Waals surface area contributed by atoms with Crippen LogP contribution in [0.25, 0.3) is 0 Å². The first-order chi connectivity index (χ1) is 1.73. The minimum atomic E-state index is 0. The average molecular weight is 249 g/mol. The van der Waals surface area contributed by atoms with Crippen molar-refractivity contribution in [3.05, 3.63) is 21.3 Å². The van der Waals surface area contributed by atoms with Gasteiger partial charge in [-0.25, -0.2) is 0 Å². The Labute approximate surface area is 98.0 Å². The summed E-state index contributed by atoms with van der Waals surface area (Å²) in [7, 11) is 0. The Morgan fingerprint density at radius 1 is 1.14 bits per heavy atom. The topological polar surface area (TPSA) is 0 Å². The summed E-state index contributed by atoms with van der Waals surface area (Å²) in [5.74, 6) is 0.333. The van der Waals surface area contributed by atoms with Crippen molar-refractivity contribution in [3.63, 3.8) is 0 Å². The molecule has 0 N–H and O–H groups in total. The first-order valence-electron chi connectivity index (χ1n) is 1.39. The van der Waals surface area contributed by atoms with Crippen LogP contribution in [0, 0.1) is 27.2 Å². The molecule has 0 spiro atoms. The third kappa shape index (κ3) is 64.9. The van der Waals surface area contributed by atoms with Gasteiger partial charge in [0.2, 0.25) is 0 Å². The van der Waals surface area contributed by atoms with Crippen molar-refractivity contribution in [2.75, 3.05) is 0 Å². The molecular formula is C5H11Y2-3. The summed E-state index contributed by atoms with van der Waals surface area (Å²) in [5.41, 5.74) is 0. The van der Waals surface area contributed by atoms with E-state index in [0.29, 0.717) is 5.92 Å². The molecule has 0 aromatic heterocycles. The molecule has 0 saturated carbocycles. The normalized spacial score (nSPS) is 5.14. The maximum Gasteiger partial charge on any atom is 0 e. The van der Waals surface area contributed by atoms with Crippen LogP contribution in [-0.2, 0) is 65.4 Å². The van der Waals surface area contributed by atoms with Gasteiger partial charge < -0.3 is 27.2 Å². The monoisotopic (exact) mass is 249 g/mol. The van der Waals surface area contributed by atoms with Crippen molar-refractivity contribution in [1.29, 1.82) is 0 Å². The van der Waals surface area contributed by atoms with E-state index in [2.05, 4.69) is 13.8 Å². The third-order valence-electron chi connectivity index (χ3n) is 0. The molecule has 7 heavy (non-hydrogen) atoms. The van der Waals surface area contributed by atoms with Crippen LogP contribution in [0.2, 0.25) is 0 Å². The molecule has 0 aromatic carbocycles. The van der Waals surface area contributed by atoms with Crippen LogP contribution < -0.4 is 0 Å². The molecule has 0 rings (SSSR count). The predicted molar refractivity (Wildman–Crippen MR) is 26.3 cm³/mol. The molecule has 0 aliphatic heterocycles. The van der Waals surface area contributed by atoms with Gasteiger partial charge in [0.05, 0.1) is 0 Å². The Balaban J connectivity index is -0.0000000150. The van der Waals surface area contributed by atoms with Crippen molar-refractivity contribution in [2.45, 2.75) is 6.92 Å². The zero-order valence-corrected chi connectivity index (χ0v) is 10.8. The van der Waals surface area contributed by atoms with E-state index in [1.54, 1.807) is 0 Å². The molecule has 0 aliphatic rings. The van der Waals surface area contributed by atoms with Crippen LogP contribution in [0.5, 0.6) is 0 Å². The number of hydrogen-bond donors (Lipinski definition) is 0. The van der Waals surface area contributed by atoms with Gasteiger partial charge in [-0.15, -0.1) is 6.92 Å². The van der Waals surface area contributed by atoms with Crippen molar-refractivity contribution in [2.24, 2.45) is 5.92 Å². The molecule has 40 valence electrons. The molecule has 0 unspecified atom stereocenters. The molecule has 0 amide bonds. The van der Waals surface area contributed by atoms with E-state index >= 15 is 0 Å². The van der Waals surface area contributed by atoms with E-state index in [4.69, 9.17) is 0 Å². The summed E-state index contributed by atoms with van der Waals surface area (Å²) < 4.78 is 0. The Morgan fingerprint density at radius 2 is 1.14 bits per heavy atom. The van der Waals surface area contributed by atoms with Crippen molar-refractivity contribution >= 4 is 0 Å². The predicted octanol–water partition coefficient (Wildman–Crippen LogP) is 1.74. The fourth-order valence-electron chi connectivity index (χ4n) is 0. The zero-order valence-electron chi connectivity index (χ0n) is 5.15. The van der Waals surface area contributed by atoms with Gasteiger partial charge in [-0.1, -0.05) is 0 Å². The van der Waals surface area contributed by atoms with Gasteiger partial charge >= 0.3 is 0 Å². The minimum Gasteiger partial charge on any atom is -0.370 e. The first-order valence-corrected chi connectivity index (χ1v) is 1.39. The molecule has 0 saturated heterocycles. The van der Waals surface area contributed by atoms with E-state index < -0.39 is 0 Å². The standard InChI is InChI=1S/C4H8.CH3.2Y/c1-4(2)3;;;/h4H,1-2H2,3H3;1H3;;/q-2;-1;;.